The third kappa shape index (κ3) is 8.25. The van der Waals surface area contributed by atoms with Gasteiger partial charge < -0.3 is 15.0 Å². The maximum atomic E-state index is 13.0. The molecule has 2 aromatic rings. The zero-order valence-corrected chi connectivity index (χ0v) is 19.6. The Morgan fingerprint density at radius 1 is 1.06 bits per heavy atom. The average molecular weight is 445 g/mol. The number of nitrogens with zero attached hydrogens (tertiary/aromatic N) is 1. The summed E-state index contributed by atoms with van der Waals surface area (Å²) in [5, 5.41) is 3.64. The van der Waals surface area contributed by atoms with Crippen molar-refractivity contribution in [3.63, 3.8) is 0 Å². The number of halogens is 1. The van der Waals surface area contributed by atoms with Crippen LogP contribution in [-0.4, -0.2) is 35.4 Å². The Kier molecular flexibility index (Phi) is 9.86. The van der Waals surface area contributed by atoms with Gasteiger partial charge in [0, 0.05) is 24.0 Å². The molecule has 2 aromatic carbocycles. The number of rotatable bonds is 11. The van der Waals surface area contributed by atoms with Gasteiger partial charge in [-0.3, -0.25) is 9.59 Å². The minimum atomic E-state index is -0.556. The fourth-order valence-corrected chi connectivity index (χ4v) is 3.15. The van der Waals surface area contributed by atoms with E-state index in [2.05, 4.69) is 5.32 Å². The Labute approximate surface area is 190 Å². The molecule has 2 atom stereocenters. The van der Waals surface area contributed by atoms with Crippen LogP contribution in [0, 0.1) is 6.92 Å². The standard InChI is InChI=1S/C25H33ClN2O3/c1-5-19(3)27-25(30)20(4)28(17-21-10-8-18(2)9-11-21)24(29)7-6-16-31-23-14-12-22(26)13-15-23/h8-15,19-20H,5-7,16-17H2,1-4H3,(H,27,30)/t19-,20-/m1/s1. The Morgan fingerprint density at radius 3 is 2.32 bits per heavy atom. The minimum Gasteiger partial charge on any atom is -0.494 e. The largest absolute Gasteiger partial charge is 0.494 e. The SMILES string of the molecule is CC[C@@H](C)NC(=O)[C@@H](C)N(Cc1ccc(C)cc1)C(=O)CCCOc1ccc(Cl)cc1. The van der Waals surface area contributed by atoms with Crippen LogP contribution < -0.4 is 10.1 Å². The van der Waals surface area contributed by atoms with Crippen LogP contribution in [0.4, 0.5) is 0 Å². The molecule has 0 radical (unpaired) electrons. The molecule has 2 rings (SSSR count). The van der Waals surface area contributed by atoms with Crippen LogP contribution in [0.15, 0.2) is 48.5 Å². The van der Waals surface area contributed by atoms with Crippen molar-refractivity contribution in [2.24, 2.45) is 0 Å². The van der Waals surface area contributed by atoms with E-state index in [1.807, 2.05) is 45.0 Å². The number of nitrogens with one attached hydrogen (secondary N) is 1. The van der Waals surface area contributed by atoms with Crippen LogP contribution >= 0.6 is 11.6 Å². The summed E-state index contributed by atoms with van der Waals surface area (Å²) >= 11 is 5.88. The van der Waals surface area contributed by atoms with Crippen molar-refractivity contribution in [1.29, 1.82) is 0 Å². The number of carbonyl (C=O) groups is 2. The predicted octanol–water partition coefficient (Wildman–Crippen LogP) is 5.14. The van der Waals surface area contributed by atoms with E-state index < -0.39 is 6.04 Å². The van der Waals surface area contributed by atoms with Crippen LogP contribution in [-0.2, 0) is 16.1 Å². The van der Waals surface area contributed by atoms with Crippen molar-refractivity contribution in [3.05, 3.63) is 64.7 Å². The maximum Gasteiger partial charge on any atom is 0.242 e. The Hall–Kier alpha value is -2.53. The molecule has 0 fully saturated rings. The van der Waals surface area contributed by atoms with Crippen molar-refractivity contribution in [3.8, 4) is 5.75 Å². The molecule has 0 aliphatic carbocycles. The van der Waals surface area contributed by atoms with Gasteiger partial charge in [-0.2, -0.15) is 0 Å². The highest BCUT2D eigenvalue weighted by Gasteiger charge is 2.26. The van der Waals surface area contributed by atoms with Gasteiger partial charge >= 0.3 is 0 Å². The second-order valence-electron chi connectivity index (χ2n) is 7.91. The molecule has 2 amide bonds. The van der Waals surface area contributed by atoms with E-state index in [4.69, 9.17) is 16.3 Å². The molecule has 0 unspecified atom stereocenters. The molecule has 0 aliphatic rings. The topological polar surface area (TPSA) is 58.6 Å². The first kappa shape index (κ1) is 24.7. The lowest BCUT2D eigenvalue weighted by Crippen LogP contribution is -2.49. The molecular weight excluding hydrogens is 412 g/mol. The number of hydrogen-bond acceptors (Lipinski definition) is 3. The first-order valence-electron chi connectivity index (χ1n) is 10.8. The smallest absolute Gasteiger partial charge is 0.242 e. The molecule has 0 spiro atoms. The molecule has 6 heteroatoms. The van der Waals surface area contributed by atoms with Gasteiger partial charge in [0.25, 0.3) is 0 Å². The summed E-state index contributed by atoms with van der Waals surface area (Å²) in [7, 11) is 0. The monoisotopic (exact) mass is 444 g/mol. The lowest BCUT2D eigenvalue weighted by Gasteiger charge is -2.30. The number of hydrogen-bond donors (Lipinski definition) is 1. The number of ether oxygens (including phenoxy) is 1. The van der Waals surface area contributed by atoms with Gasteiger partial charge in [-0.05, 0) is 63.4 Å². The number of carbonyl (C=O) groups excluding carboxylic acids is 2. The normalized spacial score (nSPS) is 12.7. The minimum absolute atomic E-state index is 0.0629. The van der Waals surface area contributed by atoms with Crippen molar-refractivity contribution in [2.75, 3.05) is 6.61 Å². The molecular formula is C25H33ClN2O3. The summed E-state index contributed by atoms with van der Waals surface area (Å²) in [4.78, 5) is 27.4. The Balaban J connectivity index is 1.99. The number of benzene rings is 2. The van der Waals surface area contributed by atoms with Crippen molar-refractivity contribution < 1.29 is 14.3 Å². The second-order valence-corrected chi connectivity index (χ2v) is 8.34. The highest BCUT2D eigenvalue weighted by Crippen LogP contribution is 2.17. The van der Waals surface area contributed by atoms with Gasteiger partial charge in [-0.1, -0.05) is 48.4 Å². The summed E-state index contributed by atoms with van der Waals surface area (Å²) in [6, 6.07) is 14.7. The molecule has 1 N–H and O–H groups in total. The lowest BCUT2D eigenvalue weighted by atomic mass is 10.1. The number of amides is 2. The summed E-state index contributed by atoms with van der Waals surface area (Å²) in [6.45, 7) is 8.60. The van der Waals surface area contributed by atoms with E-state index in [9.17, 15) is 9.59 Å². The van der Waals surface area contributed by atoms with Gasteiger partial charge in [0.1, 0.15) is 11.8 Å². The van der Waals surface area contributed by atoms with E-state index in [1.54, 1.807) is 36.1 Å². The van der Waals surface area contributed by atoms with Gasteiger partial charge in [0.15, 0.2) is 0 Å². The molecule has 0 aliphatic heterocycles. The van der Waals surface area contributed by atoms with E-state index in [-0.39, 0.29) is 17.9 Å². The van der Waals surface area contributed by atoms with E-state index >= 15 is 0 Å². The lowest BCUT2D eigenvalue weighted by molar-refractivity contribution is -0.141. The summed E-state index contributed by atoms with van der Waals surface area (Å²) in [5.41, 5.74) is 2.16. The Morgan fingerprint density at radius 2 is 1.71 bits per heavy atom. The third-order valence-electron chi connectivity index (χ3n) is 5.26. The fourth-order valence-electron chi connectivity index (χ4n) is 3.03. The molecule has 5 nitrogen and oxygen atoms in total. The van der Waals surface area contributed by atoms with Crippen LogP contribution in [0.2, 0.25) is 5.02 Å². The maximum absolute atomic E-state index is 13.0. The zero-order chi connectivity index (χ0) is 22.8. The van der Waals surface area contributed by atoms with E-state index in [1.165, 1.54) is 0 Å². The van der Waals surface area contributed by atoms with Gasteiger partial charge in [-0.25, -0.2) is 0 Å². The third-order valence-corrected chi connectivity index (χ3v) is 5.51. The molecule has 0 aromatic heterocycles. The van der Waals surface area contributed by atoms with Gasteiger partial charge in [0.05, 0.1) is 6.61 Å². The molecule has 0 bridgehead atoms. The van der Waals surface area contributed by atoms with Crippen molar-refractivity contribution >= 4 is 23.4 Å². The first-order valence-corrected chi connectivity index (χ1v) is 11.2. The molecule has 0 saturated heterocycles. The van der Waals surface area contributed by atoms with Gasteiger partial charge in [-0.15, -0.1) is 0 Å². The van der Waals surface area contributed by atoms with Crippen LogP contribution in [0.1, 0.15) is 51.2 Å². The second kappa shape index (κ2) is 12.4. The molecule has 0 saturated carbocycles. The van der Waals surface area contributed by atoms with Crippen molar-refractivity contribution in [2.45, 2.75) is 65.6 Å². The highest BCUT2D eigenvalue weighted by atomic mass is 35.5. The average Bonchev–Trinajstić information content (AvgIpc) is 2.76. The fraction of sp³-hybridized carbons (Fsp3) is 0.440. The first-order chi connectivity index (χ1) is 14.8. The predicted molar refractivity (Wildman–Crippen MR) is 125 cm³/mol. The number of aryl methyl sites for hydroxylation is 1. The Bertz CT molecular complexity index is 837. The summed E-state index contributed by atoms with van der Waals surface area (Å²) in [6.07, 6.45) is 1.71. The quantitative estimate of drug-likeness (QED) is 0.488. The van der Waals surface area contributed by atoms with Crippen LogP contribution in [0.25, 0.3) is 0 Å². The van der Waals surface area contributed by atoms with Crippen LogP contribution in [0.3, 0.4) is 0 Å². The summed E-state index contributed by atoms with van der Waals surface area (Å²) in [5.74, 6) is 0.522. The van der Waals surface area contributed by atoms with E-state index in [0.29, 0.717) is 31.0 Å². The van der Waals surface area contributed by atoms with Gasteiger partial charge in [0.2, 0.25) is 11.8 Å². The van der Waals surface area contributed by atoms with E-state index in [0.717, 1.165) is 23.3 Å². The summed E-state index contributed by atoms with van der Waals surface area (Å²) < 4.78 is 5.69. The van der Waals surface area contributed by atoms with Crippen LogP contribution in [0.5, 0.6) is 5.75 Å². The van der Waals surface area contributed by atoms with Crippen molar-refractivity contribution in [1.82, 2.24) is 10.2 Å². The molecule has 168 valence electrons. The molecule has 31 heavy (non-hydrogen) atoms. The molecule has 0 heterocycles. The zero-order valence-electron chi connectivity index (χ0n) is 18.9. The highest BCUT2D eigenvalue weighted by molar-refractivity contribution is 6.30.